The van der Waals surface area contributed by atoms with Gasteiger partial charge in [0.1, 0.15) is 0 Å². The van der Waals surface area contributed by atoms with Crippen molar-refractivity contribution in [1.29, 1.82) is 0 Å². The van der Waals surface area contributed by atoms with Gasteiger partial charge in [0.15, 0.2) is 5.96 Å². The van der Waals surface area contributed by atoms with Crippen LogP contribution < -0.4 is 11.1 Å². The van der Waals surface area contributed by atoms with Gasteiger partial charge in [-0.15, -0.1) is 24.0 Å². The predicted molar refractivity (Wildman–Crippen MR) is 106 cm³/mol. The topological polar surface area (TPSA) is 55.3 Å². The fraction of sp³-hybridized carbons (Fsp3) is 0.438. The quantitative estimate of drug-likeness (QED) is 0.440. The molecule has 0 radical (unpaired) electrons. The zero-order valence-electron chi connectivity index (χ0n) is 13.5. The van der Waals surface area contributed by atoms with Crippen LogP contribution >= 0.6 is 35.6 Å². The summed E-state index contributed by atoms with van der Waals surface area (Å²) >= 11 is 6.05. The number of fused-ring (bicyclic) bond motifs is 1. The summed E-state index contributed by atoms with van der Waals surface area (Å²) in [6, 6.07) is 5.97. The number of aromatic nitrogens is 1. The summed E-state index contributed by atoms with van der Waals surface area (Å²) < 4.78 is 2.09. The first-order valence-corrected chi connectivity index (χ1v) is 7.45. The molecule has 1 aromatic heterocycles. The third-order valence-electron chi connectivity index (χ3n) is 3.20. The molecule has 0 saturated carbocycles. The molecule has 0 atom stereocenters. The van der Waals surface area contributed by atoms with E-state index in [1.807, 2.05) is 19.2 Å². The molecule has 6 heteroatoms. The van der Waals surface area contributed by atoms with Crippen LogP contribution in [0.3, 0.4) is 0 Å². The molecule has 0 aliphatic carbocycles. The predicted octanol–water partition coefficient (Wildman–Crippen LogP) is 3.70. The molecule has 0 amide bonds. The van der Waals surface area contributed by atoms with Crippen molar-refractivity contribution in [1.82, 2.24) is 9.88 Å². The smallest absolute Gasteiger partial charge is 0.188 e. The van der Waals surface area contributed by atoms with E-state index in [0.717, 1.165) is 17.0 Å². The minimum absolute atomic E-state index is 0. The first-order chi connectivity index (χ1) is 9.76. The summed E-state index contributed by atoms with van der Waals surface area (Å²) in [4.78, 5) is 4.39. The minimum atomic E-state index is -0.0657. The van der Waals surface area contributed by atoms with E-state index in [9.17, 15) is 0 Å². The Balaban J connectivity index is 0.00000242. The van der Waals surface area contributed by atoms with Gasteiger partial charge in [-0.2, -0.15) is 0 Å². The Morgan fingerprint density at radius 1 is 1.36 bits per heavy atom. The number of hydrogen-bond donors (Lipinski definition) is 2. The highest BCUT2D eigenvalue weighted by Gasteiger charge is 2.10. The van der Waals surface area contributed by atoms with Gasteiger partial charge in [-0.1, -0.05) is 17.7 Å². The van der Waals surface area contributed by atoms with Gasteiger partial charge in [0.25, 0.3) is 0 Å². The maximum Gasteiger partial charge on any atom is 0.188 e. The lowest BCUT2D eigenvalue weighted by Crippen LogP contribution is -2.45. The van der Waals surface area contributed by atoms with Gasteiger partial charge in [-0.3, -0.25) is 4.99 Å². The summed E-state index contributed by atoms with van der Waals surface area (Å²) in [5.41, 5.74) is 8.21. The van der Waals surface area contributed by atoms with Crippen LogP contribution in [0.25, 0.3) is 10.9 Å². The Morgan fingerprint density at radius 2 is 2.05 bits per heavy atom. The van der Waals surface area contributed by atoms with Crippen molar-refractivity contribution in [2.24, 2.45) is 17.8 Å². The summed E-state index contributed by atoms with van der Waals surface area (Å²) in [6.45, 7) is 6.84. The molecule has 2 aromatic rings. The molecule has 0 unspecified atom stereocenters. The standard InChI is InChI=1S/C16H23ClN4.HI/c1-16(2,3)20-15(18)19-8-7-11-10-21(4)14-9-12(17)5-6-13(11)14;/h5-6,9-10H,7-8H2,1-4H3,(H3,18,19,20);1H. The van der Waals surface area contributed by atoms with Gasteiger partial charge in [0, 0.05) is 41.3 Å². The van der Waals surface area contributed by atoms with Crippen molar-refractivity contribution in [3.8, 4) is 0 Å². The molecular weight excluding hydrogens is 411 g/mol. The number of halogens is 2. The van der Waals surface area contributed by atoms with Crippen LogP contribution in [0.1, 0.15) is 26.3 Å². The molecule has 0 aliphatic heterocycles. The lowest BCUT2D eigenvalue weighted by atomic mass is 10.1. The molecule has 2 rings (SSSR count). The number of aliphatic imine (C=N–C) groups is 1. The molecule has 122 valence electrons. The third kappa shape index (κ3) is 5.05. The number of rotatable bonds is 3. The molecule has 0 saturated heterocycles. The van der Waals surface area contributed by atoms with E-state index in [4.69, 9.17) is 17.3 Å². The van der Waals surface area contributed by atoms with Gasteiger partial charge >= 0.3 is 0 Å². The highest BCUT2D eigenvalue weighted by atomic mass is 127. The maximum atomic E-state index is 6.05. The van der Waals surface area contributed by atoms with Crippen molar-refractivity contribution in [2.75, 3.05) is 6.54 Å². The molecule has 4 nitrogen and oxygen atoms in total. The summed E-state index contributed by atoms with van der Waals surface area (Å²) in [5.74, 6) is 0.491. The average molecular weight is 435 g/mol. The second-order valence-electron chi connectivity index (χ2n) is 6.32. The van der Waals surface area contributed by atoms with E-state index in [1.54, 1.807) is 0 Å². The Bertz CT molecular complexity index is 671. The van der Waals surface area contributed by atoms with E-state index in [0.29, 0.717) is 12.5 Å². The number of nitrogens with zero attached hydrogens (tertiary/aromatic N) is 2. The van der Waals surface area contributed by atoms with Crippen LogP contribution in [-0.4, -0.2) is 22.6 Å². The highest BCUT2D eigenvalue weighted by molar-refractivity contribution is 14.0. The van der Waals surface area contributed by atoms with Crippen LogP contribution in [0.5, 0.6) is 0 Å². The third-order valence-corrected chi connectivity index (χ3v) is 3.44. The van der Waals surface area contributed by atoms with E-state index < -0.39 is 0 Å². The molecule has 0 spiro atoms. The first kappa shape index (κ1) is 19.1. The van der Waals surface area contributed by atoms with Crippen LogP contribution in [0.4, 0.5) is 0 Å². The summed E-state index contributed by atoms with van der Waals surface area (Å²) in [5, 5.41) is 5.14. The molecule has 0 bridgehead atoms. The number of aryl methyl sites for hydroxylation is 1. The average Bonchev–Trinajstić information content (AvgIpc) is 2.64. The summed E-state index contributed by atoms with van der Waals surface area (Å²) in [6.07, 6.45) is 2.98. The van der Waals surface area contributed by atoms with Gasteiger partial charge < -0.3 is 15.6 Å². The molecule has 1 heterocycles. The largest absolute Gasteiger partial charge is 0.370 e. The lowest BCUT2D eigenvalue weighted by molar-refractivity contribution is 0.508. The minimum Gasteiger partial charge on any atom is -0.370 e. The zero-order valence-corrected chi connectivity index (χ0v) is 16.6. The molecule has 1 aromatic carbocycles. The molecule has 0 fully saturated rings. The number of nitrogens with one attached hydrogen (secondary N) is 1. The van der Waals surface area contributed by atoms with Crippen molar-refractivity contribution in [3.63, 3.8) is 0 Å². The Kier molecular flexibility index (Phi) is 6.55. The Morgan fingerprint density at radius 3 is 2.68 bits per heavy atom. The van der Waals surface area contributed by atoms with Crippen molar-refractivity contribution in [3.05, 3.63) is 35.0 Å². The van der Waals surface area contributed by atoms with E-state index in [1.165, 1.54) is 10.9 Å². The second kappa shape index (κ2) is 7.55. The Hall–Kier alpha value is -0.950. The van der Waals surface area contributed by atoms with Gasteiger partial charge in [-0.25, -0.2) is 0 Å². The van der Waals surface area contributed by atoms with Crippen molar-refractivity contribution >= 4 is 52.4 Å². The first-order valence-electron chi connectivity index (χ1n) is 7.08. The lowest BCUT2D eigenvalue weighted by Gasteiger charge is -2.20. The van der Waals surface area contributed by atoms with Crippen LogP contribution in [0.15, 0.2) is 29.4 Å². The van der Waals surface area contributed by atoms with E-state index >= 15 is 0 Å². The number of guanidine groups is 1. The van der Waals surface area contributed by atoms with E-state index in [-0.39, 0.29) is 29.5 Å². The molecule has 22 heavy (non-hydrogen) atoms. The number of nitrogens with two attached hydrogens (primary N) is 1. The van der Waals surface area contributed by atoms with E-state index in [2.05, 4.69) is 47.9 Å². The van der Waals surface area contributed by atoms with Gasteiger partial charge in [-0.05, 0) is 44.9 Å². The monoisotopic (exact) mass is 434 g/mol. The number of hydrogen-bond acceptors (Lipinski definition) is 1. The Labute approximate surface area is 154 Å². The fourth-order valence-electron chi connectivity index (χ4n) is 2.36. The number of benzene rings is 1. The van der Waals surface area contributed by atoms with Crippen LogP contribution in [-0.2, 0) is 13.5 Å². The SMILES string of the molecule is Cn1cc(CCN=C(N)NC(C)(C)C)c2ccc(Cl)cc21.I. The second-order valence-corrected chi connectivity index (χ2v) is 6.76. The van der Waals surface area contributed by atoms with Gasteiger partial charge in [0.2, 0.25) is 0 Å². The maximum absolute atomic E-state index is 6.05. The van der Waals surface area contributed by atoms with Crippen molar-refractivity contribution < 1.29 is 0 Å². The fourth-order valence-corrected chi connectivity index (χ4v) is 2.53. The van der Waals surface area contributed by atoms with Crippen LogP contribution in [0, 0.1) is 0 Å². The molecular formula is C16H24ClIN4. The highest BCUT2D eigenvalue weighted by Crippen LogP contribution is 2.24. The van der Waals surface area contributed by atoms with Crippen molar-refractivity contribution in [2.45, 2.75) is 32.7 Å². The molecule has 0 aliphatic rings. The molecule has 3 N–H and O–H groups in total. The normalized spacial score (nSPS) is 12.3. The summed E-state index contributed by atoms with van der Waals surface area (Å²) in [7, 11) is 2.03. The van der Waals surface area contributed by atoms with Crippen LogP contribution in [0.2, 0.25) is 5.02 Å². The van der Waals surface area contributed by atoms with Gasteiger partial charge in [0.05, 0.1) is 0 Å². The zero-order chi connectivity index (χ0) is 15.6.